The smallest absolute Gasteiger partial charge is 0.317 e. The molecular formula is C15H26N2O3. The molecule has 114 valence electrons. The summed E-state index contributed by atoms with van der Waals surface area (Å²) in [5, 5.41) is 2.96. The molecule has 5 nitrogen and oxygen atoms in total. The van der Waals surface area contributed by atoms with E-state index in [9.17, 15) is 4.79 Å². The standard InChI is InChI=1S/C15H26N2O3/c1-10(2)9-19-6-5-16-15(18)17-7-11-12(8-17)14-4-3-13(11)20-14/h10-14H,3-9H2,1-2H3,(H,16,18)/t11-,12-,13-,14-/m1/s1. The number of ether oxygens (including phenoxy) is 2. The first kappa shape index (κ1) is 14.1. The lowest BCUT2D eigenvalue weighted by Gasteiger charge is -2.19. The first-order chi connectivity index (χ1) is 9.65. The molecule has 0 aliphatic carbocycles. The Morgan fingerprint density at radius 3 is 2.55 bits per heavy atom. The minimum atomic E-state index is 0.0620. The van der Waals surface area contributed by atoms with Crippen molar-refractivity contribution in [1.82, 2.24) is 10.2 Å². The number of amides is 2. The van der Waals surface area contributed by atoms with Gasteiger partial charge in [0.15, 0.2) is 0 Å². The van der Waals surface area contributed by atoms with Crippen LogP contribution in [0.1, 0.15) is 26.7 Å². The van der Waals surface area contributed by atoms with Gasteiger partial charge in [0.2, 0.25) is 0 Å². The van der Waals surface area contributed by atoms with E-state index < -0.39 is 0 Å². The average Bonchev–Trinajstić information content (AvgIpc) is 3.09. The van der Waals surface area contributed by atoms with E-state index in [1.807, 2.05) is 4.90 Å². The molecule has 0 unspecified atom stereocenters. The Hall–Kier alpha value is -0.810. The van der Waals surface area contributed by atoms with Crippen molar-refractivity contribution in [1.29, 1.82) is 0 Å². The van der Waals surface area contributed by atoms with Crippen LogP contribution in [0.15, 0.2) is 0 Å². The van der Waals surface area contributed by atoms with E-state index in [2.05, 4.69) is 19.2 Å². The highest BCUT2D eigenvalue weighted by atomic mass is 16.5. The number of hydrogen-bond donors (Lipinski definition) is 1. The van der Waals surface area contributed by atoms with E-state index in [1.54, 1.807) is 0 Å². The van der Waals surface area contributed by atoms with Crippen molar-refractivity contribution in [3.63, 3.8) is 0 Å². The summed E-state index contributed by atoms with van der Waals surface area (Å²) in [5.41, 5.74) is 0. The Kier molecular flexibility index (Phi) is 4.17. The fourth-order valence-electron chi connectivity index (χ4n) is 3.79. The van der Waals surface area contributed by atoms with Gasteiger partial charge in [0, 0.05) is 38.1 Å². The highest BCUT2D eigenvalue weighted by molar-refractivity contribution is 5.74. The number of hydrogen-bond acceptors (Lipinski definition) is 3. The van der Waals surface area contributed by atoms with Crippen molar-refractivity contribution in [3.8, 4) is 0 Å². The van der Waals surface area contributed by atoms with Gasteiger partial charge >= 0.3 is 6.03 Å². The molecule has 0 aromatic carbocycles. The quantitative estimate of drug-likeness (QED) is 0.777. The maximum Gasteiger partial charge on any atom is 0.317 e. The molecule has 0 aromatic rings. The molecule has 3 aliphatic heterocycles. The predicted molar refractivity (Wildman–Crippen MR) is 75.5 cm³/mol. The van der Waals surface area contributed by atoms with Gasteiger partial charge in [-0.3, -0.25) is 0 Å². The van der Waals surface area contributed by atoms with Crippen molar-refractivity contribution in [3.05, 3.63) is 0 Å². The Bertz CT molecular complexity index is 343. The maximum absolute atomic E-state index is 12.1. The van der Waals surface area contributed by atoms with Crippen LogP contribution in [0.4, 0.5) is 4.79 Å². The van der Waals surface area contributed by atoms with Gasteiger partial charge in [0.05, 0.1) is 18.8 Å². The van der Waals surface area contributed by atoms with Gasteiger partial charge in [-0.05, 0) is 18.8 Å². The molecule has 3 aliphatic rings. The number of rotatable bonds is 5. The molecule has 4 atom stereocenters. The molecule has 3 fully saturated rings. The molecule has 3 rings (SSSR count). The third-order valence-corrected chi connectivity index (χ3v) is 4.71. The number of nitrogens with zero attached hydrogens (tertiary/aromatic N) is 1. The Balaban J connectivity index is 1.37. The third-order valence-electron chi connectivity index (χ3n) is 4.71. The molecule has 1 N–H and O–H groups in total. The summed E-state index contributed by atoms with van der Waals surface area (Å²) in [6.07, 6.45) is 3.20. The SMILES string of the molecule is CC(C)COCCNC(=O)N1C[C@@H]2[C@@H](C1)[C@H]1CC[C@H]2O1. The van der Waals surface area contributed by atoms with Crippen molar-refractivity contribution in [2.75, 3.05) is 32.8 Å². The van der Waals surface area contributed by atoms with Gasteiger partial charge in [-0.2, -0.15) is 0 Å². The normalized spacial score (nSPS) is 34.9. The lowest BCUT2D eigenvalue weighted by atomic mass is 9.82. The minimum Gasteiger partial charge on any atom is -0.379 e. The number of carbonyl (C=O) groups excluding carboxylic acids is 1. The molecule has 0 aromatic heterocycles. The van der Waals surface area contributed by atoms with Crippen LogP contribution < -0.4 is 5.32 Å². The van der Waals surface area contributed by atoms with Gasteiger partial charge in [-0.15, -0.1) is 0 Å². The number of nitrogens with one attached hydrogen (secondary N) is 1. The third kappa shape index (κ3) is 2.79. The molecular weight excluding hydrogens is 256 g/mol. The zero-order valence-corrected chi connectivity index (χ0v) is 12.5. The van der Waals surface area contributed by atoms with Gasteiger partial charge in [0.1, 0.15) is 0 Å². The van der Waals surface area contributed by atoms with Crippen LogP contribution in [0.2, 0.25) is 0 Å². The second-order valence-corrected chi connectivity index (χ2v) is 6.72. The summed E-state index contributed by atoms with van der Waals surface area (Å²) in [6.45, 7) is 7.93. The molecule has 3 heterocycles. The van der Waals surface area contributed by atoms with E-state index in [1.165, 1.54) is 12.8 Å². The number of urea groups is 1. The Labute approximate surface area is 121 Å². The topological polar surface area (TPSA) is 50.8 Å². The maximum atomic E-state index is 12.1. The average molecular weight is 282 g/mol. The summed E-state index contributed by atoms with van der Waals surface area (Å²) < 4.78 is 11.4. The van der Waals surface area contributed by atoms with Crippen LogP contribution in [0.5, 0.6) is 0 Å². The highest BCUT2D eigenvalue weighted by Crippen LogP contribution is 2.47. The Morgan fingerprint density at radius 1 is 1.30 bits per heavy atom. The van der Waals surface area contributed by atoms with Crippen LogP contribution in [0.3, 0.4) is 0 Å². The second kappa shape index (κ2) is 5.90. The van der Waals surface area contributed by atoms with E-state index in [0.29, 0.717) is 43.1 Å². The second-order valence-electron chi connectivity index (χ2n) is 6.72. The van der Waals surface area contributed by atoms with E-state index in [4.69, 9.17) is 9.47 Å². The van der Waals surface area contributed by atoms with Gasteiger partial charge in [0.25, 0.3) is 0 Å². The largest absolute Gasteiger partial charge is 0.379 e. The fraction of sp³-hybridized carbons (Fsp3) is 0.933. The zero-order valence-electron chi connectivity index (χ0n) is 12.5. The summed E-state index contributed by atoms with van der Waals surface area (Å²) >= 11 is 0. The predicted octanol–water partition coefficient (Wildman–Crippen LogP) is 1.48. The molecule has 20 heavy (non-hydrogen) atoms. The van der Waals surface area contributed by atoms with Crippen molar-refractivity contribution >= 4 is 6.03 Å². The van der Waals surface area contributed by atoms with Gasteiger partial charge in [-0.25, -0.2) is 4.79 Å². The van der Waals surface area contributed by atoms with Gasteiger partial charge < -0.3 is 19.7 Å². The number of carbonyl (C=O) groups is 1. The Morgan fingerprint density at radius 2 is 1.95 bits per heavy atom. The van der Waals surface area contributed by atoms with Crippen LogP contribution in [-0.2, 0) is 9.47 Å². The monoisotopic (exact) mass is 282 g/mol. The van der Waals surface area contributed by atoms with Crippen molar-refractivity contribution in [2.45, 2.75) is 38.9 Å². The number of fused-ring (bicyclic) bond motifs is 5. The van der Waals surface area contributed by atoms with Crippen molar-refractivity contribution in [2.24, 2.45) is 17.8 Å². The first-order valence-electron chi connectivity index (χ1n) is 7.91. The molecule has 3 saturated heterocycles. The summed E-state index contributed by atoms with van der Waals surface area (Å²) in [5.74, 6) is 1.70. The number of likely N-dealkylation sites (tertiary alicyclic amines) is 1. The van der Waals surface area contributed by atoms with E-state index >= 15 is 0 Å². The van der Waals surface area contributed by atoms with Crippen molar-refractivity contribution < 1.29 is 14.3 Å². The molecule has 5 heteroatoms. The lowest BCUT2D eigenvalue weighted by molar-refractivity contribution is 0.0734. The minimum absolute atomic E-state index is 0.0620. The lowest BCUT2D eigenvalue weighted by Crippen LogP contribution is -2.41. The molecule has 0 saturated carbocycles. The molecule has 0 spiro atoms. The fourth-order valence-corrected chi connectivity index (χ4v) is 3.79. The first-order valence-corrected chi connectivity index (χ1v) is 7.91. The van der Waals surface area contributed by atoms with Crippen LogP contribution in [0.25, 0.3) is 0 Å². The highest BCUT2D eigenvalue weighted by Gasteiger charge is 2.53. The van der Waals surface area contributed by atoms with E-state index in [0.717, 1.165) is 19.7 Å². The van der Waals surface area contributed by atoms with E-state index in [-0.39, 0.29) is 6.03 Å². The van der Waals surface area contributed by atoms with Crippen LogP contribution in [0, 0.1) is 17.8 Å². The molecule has 0 radical (unpaired) electrons. The van der Waals surface area contributed by atoms with Crippen LogP contribution in [-0.4, -0.2) is 56.0 Å². The summed E-state index contributed by atoms with van der Waals surface area (Å²) in [7, 11) is 0. The van der Waals surface area contributed by atoms with Crippen LogP contribution >= 0.6 is 0 Å². The molecule has 2 bridgehead atoms. The summed E-state index contributed by atoms with van der Waals surface area (Å²) in [4.78, 5) is 14.1. The summed E-state index contributed by atoms with van der Waals surface area (Å²) in [6, 6.07) is 0.0620. The molecule has 2 amide bonds. The zero-order chi connectivity index (χ0) is 14.1. The van der Waals surface area contributed by atoms with Gasteiger partial charge in [-0.1, -0.05) is 13.8 Å².